The number of hydrogen-bond acceptors (Lipinski definition) is 2. The Morgan fingerprint density at radius 1 is 0.574 bits per heavy atom. The molecule has 336 valence electrons. The molecule has 0 radical (unpaired) electrons. The van der Waals surface area contributed by atoms with Gasteiger partial charge in [-0.15, -0.1) is 36.4 Å². The van der Waals surface area contributed by atoms with Crippen LogP contribution in [0.3, 0.4) is 0 Å². The Bertz CT molecular complexity index is 1550. The van der Waals surface area contributed by atoms with E-state index in [0.717, 1.165) is 76.3 Å². The molecule has 9 heteroatoms. The quantitative estimate of drug-likeness (QED) is 0.0504. The second-order valence-corrected chi connectivity index (χ2v) is 16.7. The van der Waals surface area contributed by atoms with Crippen molar-refractivity contribution in [2.24, 2.45) is 22.7 Å². The number of halogens is 4. The van der Waals surface area contributed by atoms with Gasteiger partial charge in [-0.2, -0.15) is 36.4 Å². The summed E-state index contributed by atoms with van der Waals surface area (Å²) in [7, 11) is 0. The van der Waals surface area contributed by atoms with Crippen molar-refractivity contribution < 1.29 is 48.9 Å². The van der Waals surface area contributed by atoms with Gasteiger partial charge in [0.25, 0.3) is 0 Å². The maximum Gasteiger partial charge on any atom is 4.00 e. The molecule has 0 saturated carbocycles. The Labute approximate surface area is 382 Å². The van der Waals surface area contributed by atoms with Crippen LogP contribution in [0.25, 0.3) is 0 Å². The SMILES string of the molecule is CCCCC(CC)CCN(C(=O)C(C)(C)CC)c1ccc(F)[c-]c1F.CCCCC(CC)CCN(C(=O)C(C)(C)CC)c1ccc(F)[c-]c1F.[Ti+4].c1cc[cH-]c1.c1cc[cH-]c1. The average molecular weight is 883 g/mol. The topological polar surface area (TPSA) is 40.6 Å². The number of carbonyl (C=O) groups excluding carboxylic acids is 2. The van der Waals surface area contributed by atoms with E-state index in [9.17, 15) is 27.2 Å². The van der Waals surface area contributed by atoms with Crippen LogP contribution in [0.4, 0.5) is 28.9 Å². The van der Waals surface area contributed by atoms with Gasteiger partial charge < -0.3 is 9.80 Å². The standard InChI is InChI=1S/2C21H32F2NO.2C5H5.Ti/c2*1-6-9-10-16(7-2)13-14-24(20(25)21(4,5)8-3)19-12-11-17(22)15-18(19)23;2*1-2-4-5-3-1;/h2*11-12,16H,6-10,13-14H2,1-5H3;2*1-5H;/q4*-1;+4. The summed E-state index contributed by atoms with van der Waals surface area (Å²) in [6.45, 7) is 20.9. The molecule has 61 heavy (non-hydrogen) atoms. The van der Waals surface area contributed by atoms with E-state index in [1.54, 1.807) is 0 Å². The summed E-state index contributed by atoms with van der Waals surface area (Å²) >= 11 is 0. The molecule has 0 aliphatic rings. The summed E-state index contributed by atoms with van der Waals surface area (Å²) in [5, 5.41) is 0. The van der Waals surface area contributed by atoms with Crippen LogP contribution >= 0.6 is 0 Å². The van der Waals surface area contributed by atoms with Gasteiger partial charge >= 0.3 is 21.7 Å². The summed E-state index contributed by atoms with van der Waals surface area (Å²) < 4.78 is 55.0. The fraction of sp³-hybridized carbons (Fsp3) is 0.538. The fourth-order valence-corrected chi connectivity index (χ4v) is 6.34. The van der Waals surface area contributed by atoms with Gasteiger partial charge in [0.15, 0.2) is 0 Å². The van der Waals surface area contributed by atoms with E-state index < -0.39 is 34.1 Å². The van der Waals surface area contributed by atoms with Gasteiger partial charge in [0, 0.05) is 47.2 Å². The molecule has 4 nitrogen and oxygen atoms in total. The van der Waals surface area contributed by atoms with Crippen molar-refractivity contribution in [2.75, 3.05) is 22.9 Å². The third-order valence-corrected chi connectivity index (χ3v) is 11.4. The molecule has 2 unspecified atom stereocenters. The van der Waals surface area contributed by atoms with Crippen LogP contribution in [0.15, 0.2) is 84.9 Å². The number of anilines is 2. The van der Waals surface area contributed by atoms with Gasteiger partial charge in [-0.1, -0.05) is 121 Å². The number of rotatable bonds is 20. The molecule has 2 atom stereocenters. The molecule has 0 aromatic heterocycles. The van der Waals surface area contributed by atoms with E-state index in [-0.39, 0.29) is 44.9 Å². The molecule has 0 bridgehead atoms. The van der Waals surface area contributed by atoms with Crippen molar-refractivity contribution in [1.82, 2.24) is 0 Å². The molecule has 4 aromatic carbocycles. The molecule has 0 aliphatic heterocycles. The van der Waals surface area contributed by atoms with Crippen molar-refractivity contribution >= 4 is 23.2 Å². The van der Waals surface area contributed by atoms with Gasteiger partial charge in [-0.3, -0.25) is 9.59 Å². The first-order valence-corrected chi connectivity index (χ1v) is 22.2. The minimum Gasteiger partial charge on any atom is -0.363 e. The Kier molecular flexibility index (Phi) is 29.6. The first kappa shape index (κ1) is 57.5. The van der Waals surface area contributed by atoms with Gasteiger partial charge in [-0.25, -0.2) is 41.8 Å². The fourth-order valence-electron chi connectivity index (χ4n) is 6.34. The average Bonchev–Trinajstić information content (AvgIpc) is 4.03. The van der Waals surface area contributed by atoms with E-state index in [1.807, 2.05) is 102 Å². The molecular formula is C52H74F4N2O2Ti. The van der Waals surface area contributed by atoms with E-state index in [0.29, 0.717) is 37.8 Å². The van der Waals surface area contributed by atoms with Crippen LogP contribution in [0.1, 0.15) is 146 Å². The van der Waals surface area contributed by atoms with Crippen LogP contribution in [0.2, 0.25) is 0 Å². The zero-order valence-corrected chi connectivity index (χ0v) is 40.4. The van der Waals surface area contributed by atoms with Crippen LogP contribution in [-0.2, 0) is 31.3 Å². The number of hydrogen-bond donors (Lipinski definition) is 0. The first-order valence-electron chi connectivity index (χ1n) is 22.2. The maximum atomic E-state index is 14.3. The van der Waals surface area contributed by atoms with Crippen LogP contribution in [0, 0.1) is 58.1 Å². The normalized spacial score (nSPS) is 11.9. The Balaban J connectivity index is 0.000000940. The number of nitrogens with zero attached hydrogens (tertiary/aromatic N) is 2. The summed E-state index contributed by atoms with van der Waals surface area (Å²) in [6, 6.07) is 29.1. The van der Waals surface area contributed by atoms with Crippen LogP contribution < -0.4 is 9.80 Å². The Hall–Kier alpha value is -3.49. The zero-order chi connectivity index (χ0) is 45.1. The molecule has 0 fully saturated rings. The zero-order valence-electron chi connectivity index (χ0n) is 38.9. The molecule has 4 aromatic rings. The van der Waals surface area contributed by atoms with Crippen molar-refractivity contribution in [1.29, 1.82) is 0 Å². The van der Waals surface area contributed by atoms with Gasteiger partial charge in [0.1, 0.15) is 0 Å². The second kappa shape index (κ2) is 31.4. The van der Waals surface area contributed by atoms with E-state index in [4.69, 9.17) is 0 Å². The second-order valence-electron chi connectivity index (χ2n) is 16.7. The molecular weight excluding hydrogens is 808 g/mol. The number of carbonyl (C=O) groups is 2. The van der Waals surface area contributed by atoms with Crippen molar-refractivity contribution in [3.8, 4) is 0 Å². The van der Waals surface area contributed by atoms with Gasteiger partial charge in [0.05, 0.1) is 0 Å². The minimum absolute atomic E-state index is 0. The van der Waals surface area contributed by atoms with E-state index in [2.05, 4.69) is 39.8 Å². The van der Waals surface area contributed by atoms with Crippen molar-refractivity contribution in [3.05, 3.63) is 120 Å². The first-order chi connectivity index (χ1) is 28.5. The number of amides is 2. The monoisotopic (exact) mass is 883 g/mol. The number of unbranched alkanes of at least 4 members (excludes halogenated alkanes) is 2. The van der Waals surface area contributed by atoms with Crippen molar-refractivity contribution in [3.63, 3.8) is 0 Å². The summed E-state index contributed by atoms with van der Waals surface area (Å²) in [6.07, 6.45) is 11.9. The third kappa shape index (κ3) is 21.4. The summed E-state index contributed by atoms with van der Waals surface area (Å²) in [4.78, 5) is 29.0. The third-order valence-electron chi connectivity index (χ3n) is 11.4. The van der Waals surface area contributed by atoms with E-state index in [1.165, 1.54) is 21.9 Å². The molecule has 0 saturated heterocycles. The van der Waals surface area contributed by atoms with Crippen LogP contribution in [0.5, 0.6) is 0 Å². The molecule has 2 amide bonds. The largest absolute Gasteiger partial charge is 4.00 e. The predicted octanol–water partition coefficient (Wildman–Crippen LogP) is 15.1. The van der Waals surface area contributed by atoms with Crippen LogP contribution in [-0.4, -0.2) is 24.9 Å². The van der Waals surface area contributed by atoms with Gasteiger partial charge in [0.2, 0.25) is 11.8 Å². The predicted molar refractivity (Wildman–Crippen MR) is 243 cm³/mol. The summed E-state index contributed by atoms with van der Waals surface area (Å²) in [5.74, 6) is -2.35. The van der Waals surface area contributed by atoms with Gasteiger partial charge in [-0.05, 0) is 48.9 Å². The van der Waals surface area contributed by atoms with E-state index >= 15 is 0 Å². The Morgan fingerprint density at radius 3 is 1.13 bits per heavy atom. The molecule has 4 rings (SSSR count). The molecule has 0 heterocycles. The molecule has 0 aliphatic carbocycles. The summed E-state index contributed by atoms with van der Waals surface area (Å²) in [5.41, 5.74) is -0.936. The molecule has 0 N–H and O–H groups in total. The minimum atomic E-state index is -0.804. The Morgan fingerprint density at radius 2 is 0.902 bits per heavy atom. The smallest absolute Gasteiger partial charge is 0.363 e. The molecule has 0 spiro atoms. The van der Waals surface area contributed by atoms with Crippen molar-refractivity contribution in [2.45, 2.75) is 146 Å². The number of benzene rings is 2. The maximum absolute atomic E-state index is 14.3.